The van der Waals surface area contributed by atoms with Gasteiger partial charge < -0.3 is 9.84 Å². The van der Waals surface area contributed by atoms with E-state index in [0.29, 0.717) is 5.41 Å². The molecule has 1 saturated carbocycles. The quantitative estimate of drug-likeness (QED) is 0.864. The van der Waals surface area contributed by atoms with Crippen LogP contribution in [0.15, 0.2) is 24.3 Å². The first-order valence-corrected chi connectivity index (χ1v) is 6.74. The van der Waals surface area contributed by atoms with Crippen LogP contribution in [-0.4, -0.2) is 12.2 Å². The Morgan fingerprint density at radius 2 is 2.00 bits per heavy atom. The van der Waals surface area contributed by atoms with Crippen LogP contribution in [0.25, 0.3) is 0 Å². The van der Waals surface area contributed by atoms with Crippen molar-refractivity contribution in [1.82, 2.24) is 0 Å². The Morgan fingerprint density at radius 1 is 1.28 bits per heavy atom. The highest BCUT2D eigenvalue weighted by Gasteiger charge is 2.43. The first-order chi connectivity index (χ1) is 8.37. The Labute approximate surface area is 110 Å². The fraction of sp³-hybridized carbons (Fsp3) is 0.625. The molecule has 1 aromatic rings. The first-order valence-electron chi connectivity index (χ1n) is 6.74. The molecule has 0 spiro atoms. The maximum Gasteiger partial charge on any atom is 0.119 e. The van der Waals surface area contributed by atoms with Crippen molar-refractivity contribution in [2.75, 3.05) is 7.11 Å². The monoisotopic (exact) mass is 248 g/mol. The summed E-state index contributed by atoms with van der Waals surface area (Å²) in [5.41, 5.74) is 0.624. The first kappa shape index (κ1) is 13.4. The van der Waals surface area contributed by atoms with Crippen molar-refractivity contribution in [2.45, 2.75) is 45.6 Å². The molecule has 1 fully saturated rings. The average molecular weight is 248 g/mol. The summed E-state index contributed by atoms with van der Waals surface area (Å²) in [6.45, 7) is 6.73. The predicted molar refractivity (Wildman–Crippen MR) is 73.7 cm³/mol. The second-order valence-corrected chi connectivity index (χ2v) is 6.43. The van der Waals surface area contributed by atoms with E-state index in [-0.39, 0.29) is 5.92 Å². The van der Waals surface area contributed by atoms with E-state index in [0.717, 1.165) is 30.6 Å². The molecule has 2 unspecified atom stereocenters. The Hall–Kier alpha value is -1.02. The molecule has 1 N–H and O–H groups in total. The van der Waals surface area contributed by atoms with E-state index in [1.807, 2.05) is 24.3 Å². The lowest BCUT2D eigenvalue weighted by Gasteiger charge is -2.45. The number of rotatable bonds is 2. The lowest BCUT2D eigenvalue weighted by Crippen LogP contribution is -2.41. The second-order valence-electron chi connectivity index (χ2n) is 6.43. The van der Waals surface area contributed by atoms with Gasteiger partial charge in [0.2, 0.25) is 0 Å². The Bertz CT molecular complexity index is 425. The third-order valence-corrected chi connectivity index (χ3v) is 4.43. The highest BCUT2D eigenvalue weighted by Crippen LogP contribution is 2.48. The lowest BCUT2D eigenvalue weighted by molar-refractivity contribution is -0.0770. The van der Waals surface area contributed by atoms with Gasteiger partial charge in [0.1, 0.15) is 5.75 Å². The lowest BCUT2D eigenvalue weighted by atomic mass is 9.63. The van der Waals surface area contributed by atoms with E-state index in [1.54, 1.807) is 7.11 Å². The average Bonchev–Trinajstić information content (AvgIpc) is 2.34. The van der Waals surface area contributed by atoms with E-state index in [4.69, 9.17) is 4.74 Å². The summed E-state index contributed by atoms with van der Waals surface area (Å²) in [4.78, 5) is 0. The van der Waals surface area contributed by atoms with Crippen molar-refractivity contribution in [3.63, 3.8) is 0 Å². The normalized spacial score (nSPS) is 31.1. The van der Waals surface area contributed by atoms with Gasteiger partial charge in [0.15, 0.2) is 0 Å². The molecule has 1 aromatic carbocycles. The zero-order valence-electron chi connectivity index (χ0n) is 11.9. The van der Waals surface area contributed by atoms with Gasteiger partial charge in [-0.2, -0.15) is 0 Å². The van der Waals surface area contributed by atoms with Gasteiger partial charge in [0.25, 0.3) is 0 Å². The van der Waals surface area contributed by atoms with Gasteiger partial charge in [-0.05, 0) is 48.3 Å². The number of hydrogen-bond donors (Lipinski definition) is 1. The van der Waals surface area contributed by atoms with Gasteiger partial charge in [-0.1, -0.05) is 32.9 Å². The largest absolute Gasteiger partial charge is 0.497 e. The SMILES string of the molecule is COc1cccc(C2(O)CCC(C)(C)CC2C)c1. The van der Waals surface area contributed by atoms with E-state index >= 15 is 0 Å². The minimum absolute atomic E-state index is 0.272. The van der Waals surface area contributed by atoms with Crippen molar-refractivity contribution in [1.29, 1.82) is 0 Å². The van der Waals surface area contributed by atoms with Crippen molar-refractivity contribution in [3.05, 3.63) is 29.8 Å². The number of hydrogen-bond acceptors (Lipinski definition) is 2. The number of aliphatic hydroxyl groups is 1. The number of methoxy groups -OCH3 is 1. The number of ether oxygens (including phenoxy) is 1. The molecule has 2 nitrogen and oxygen atoms in total. The van der Waals surface area contributed by atoms with Gasteiger partial charge in [-0.25, -0.2) is 0 Å². The maximum absolute atomic E-state index is 11.0. The van der Waals surface area contributed by atoms with Gasteiger partial charge in [0.05, 0.1) is 12.7 Å². The third-order valence-electron chi connectivity index (χ3n) is 4.43. The van der Waals surface area contributed by atoms with Crippen LogP contribution < -0.4 is 4.74 Å². The summed E-state index contributed by atoms with van der Waals surface area (Å²) >= 11 is 0. The molecular weight excluding hydrogens is 224 g/mol. The van der Waals surface area contributed by atoms with Crippen LogP contribution in [0.2, 0.25) is 0 Å². The van der Waals surface area contributed by atoms with Crippen molar-refractivity contribution >= 4 is 0 Å². The minimum atomic E-state index is -0.704. The molecular formula is C16H24O2. The van der Waals surface area contributed by atoms with Crippen LogP contribution in [0.1, 0.15) is 45.6 Å². The van der Waals surface area contributed by atoms with Crippen molar-refractivity contribution in [3.8, 4) is 5.75 Å². The summed E-state index contributed by atoms with van der Waals surface area (Å²) in [6, 6.07) is 7.86. The van der Waals surface area contributed by atoms with Crippen molar-refractivity contribution < 1.29 is 9.84 Å². The highest BCUT2D eigenvalue weighted by atomic mass is 16.5. The molecule has 0 amide bonds. The minimum Gasteiger partial charge on any atom is -0.497 e. The molecule has 1 aliphatic rings. The molecule has 0 aliphatic heterocycles. The summed E-state index contributed by atoms with van der Waals surface area (Å²) in [5.74, 6) is 1.09. The highest BCUT2D eigenvalue weighted by molar-refractivity contribution is 5.33. The smallest absolute Gasteiger partial charge is 0.119 e. The zero-order chi connectivity index (χ0) is 13.4. The second kappa shape index (κ2) is 4.58. The third kappa shape index (κ3) is 2.39. The molecule has 1 aliphatic carbocycles. The van der Waals surface area contributed by atoms with E-state index in [9.17, 15) is 5.11 Å². The maximum atomic E-state index is 11.0. The van der Waals surface area contributed by atoms with E-state index in [1.165, 1.54) is 0 Å². The van der Waals surface area contributed by atoms with Crippen LogP contribution in [-0.2, 0) is 5.60 Å². The predicted octanol–water partition coefficient (Wildman–Crippen LogP) is 3.73. The van der Waals surface area contributed by atoms with Gasteiger partial charge in [-0.3, -0.25) is 0 Å². The van der Waals surface area contributed by atoms with Crippen LogP contribution in [0, 0.1) is 11.3 Å². The summed E-state index contributed by atoms with van der Waals surface area (Å²) in [7, 11) is 1.66. The van der Waals surface area contributed by atoms with Crippen molar-refractivity contribution in [2.24, 2.45) is 11.3 Å². The van der Waals surface area contributed by atoms with E-state index in [2.05, 4.69) is 20.8 Å². The Morgan fingerprint density at radius 3 is 2.61 bits per heavy atom. The van der Waals surface area contributed by atoms with Gasteiger partial charge in [-0.15, -0.1) is 0 Å². The molecule has 100 valence electrons. The van der Waals surface area contributed by atoms with Gasteiger partial charge >= 0.3 is 0 Å². The Balaban J connectivity index is 2.30. The molecule has 2 rings (SSSR count). The van der Waals surface area contributed by atoms with Crippen LogP contribution >= 0.6 is 0 Å². The summed E-state index contributed by atoms with van der Waals surface area (Å²) in [6.07, 6.45) is 2.94. The Kier molecular flexibility index (Phi) is 3.41. The fourth-order valence-corrected chi connectivity index (χ4v) is 3.20. The molecule has 0 radical (unpaired) electrons. The summed E-state index contributed by atoms with van der Waals surface area (Å²) < 4.78 is 5.26. The zero-order valence-corrected chi connectivity index (χ0v) is 11.9. The molecule has 0 heterocycles. The number of benzene rings is 1. The van der Waals surface area contributed by atoms with Crippen LogP contribution in [0.3, 0.4) is 0 Å². The molecule has 2 atom stereocenters. The molecule has 2 heteroatoms. The molecule has 0 bridgehead atoms. The molecule has 0 saturated heterocycles. The van der Waals surface area contributed by atoms with Crippen LogP contribution in [0.5, 0.6) is 5.75 Å². The van der Waals surface area contributed by atoms with Gasteiger partial charge in [0, 0.05) is 0 Å². The van der Waals surface area contributed by atoms with E-state index < -0.39 is 5.60 Å². The topological polar surface area (TPSA) is 29.5 Å². The molecule has 0 aromatic heterocycles. The summed E-state index contributed by atoms with van der Waals surface area (Å²) in [5, 5.41) is 11.0. The van der Waals surface area contributed by atoms with Crippen LogP contribution in [0.4, 0.5) is 0 Å². The standard InChI is InChI=1S/C16H24O2/c1-12-11-15(2,3)8-9-16(12,17)13-6-5-7-14(10-13)18-4/h5-7,10,12,17H,8-9,11H2,1-4H3. The molecule has 18 heavy (non-hydrogen) atoms. The fourth-order valence-electron chi connectivity index (χ4n) is 3.20.